The fourth-order valence-corrected chi connectivity index (χ4v) is 5.16. The molecule has 4 aromatic rings. The monoisotopic (exact) mass is 649 g/mol. The van der Waals surface area contributed by atoms with Gasteiger partial charge in [0.2, 0.25) is 0 Å². The average Bonchev–Trinajstić information content (AvgIpc) is 3.39. The van der Waals surface area contributed by atoms with Gasteiger partial charge in [0.25, 0.3) is 0 Å². The van der Waals surface area contributed by atoms with E-state index in [0.717, 1.165) is 12.0 Å². The Kier molecular flexibility index (Phi) is 11.4. The van der Waals surface area contributed by atoms with Crippen molar-refractivity contribution < 1.29 is 22.3 Å². The molecule has 0 saturated heterocycles. The summed E-state index contributed by atoms with van der Waals surface area (Å²) in [5.74, 6) is -0.155. The van der Waals surface area contributed by atoms with Gasteiger partial charge in [0.05, 0.1) is 34.9 Å². The molecule has 0 fully saturated rings. The van der Waals surface area contributed by atoms with Crippen LogP contribution >= 0.6 is 11.6 Å². The number of aromatic nitrogens is 3. The number of benzene rings is 2. The van der Waals surface area contributed by atoms with E-state index < -0.39 is 23.7 Å². The average molecular weight is 650 g/mol. The molecule has 14 heteroatoms. The Morgan fingerprint density at radius 3 is 2.60 bits per heavy atom. The number of aliphatic imine (C=N–C) groups is 1. The minimum absolute atomic E-state index is 0.0737. The zero-order valence-corrected chi connectivity index (χ0v) is 25.7. The van der Waals surface area contributed by atoms with E-state index in [-0.39, 0.29) is 41.5 Å². The molecule has 0 aliphatic rings. The lowest BCUT2D eigenvalue weighted by Crippen LogP contribution is -2.37. The summed E-state index contributed by atoms with van der Waals surface area (Å²) in [7, 11) is 1.63. The summed E-state index contributed by atoms with van der Waals surface area (Å²) in [6.45, 7) is 3.53. The molecule has 2 atom stereocenters. The van der Waals surface area contributed by atoms with Gasteiger partial charge in [0.15, 0.2) is 5.82 Å². The molecule has 2 heterocycles. The minimum Gasteiger partial charge on any atom is -0.388 e. The van der Waals surface area contributed by atoms with E-state index in [1.54, 1.807) is 38.4 Å². The van der Waals surface area contributed by atoms with Crippen molar-refractivity contribution in [2.45, 2.75) is 50.9 Å². The van der Waals surface area contributed by atoms with Crippen LogP contribution in [0.3, 0.4) is 0 Å². The predicted octanol–water partition coefficient (Wildman–Crippen LogP) is 5.43. The third-order valence-corrected chi connectivity index (χ3v) is 7.56. The Morgan fingerprint density at radius 1 is 1.20 bits per heavy atom. The summed E-state index contributed by atoms with van der Waals surface area (Å²) in [5.41, 5.74) is 13.0. The molecule has 2 aromatic heterocycles. The van der Waals surface area contributed by atoms with Gasteiger partial charge in [-0.2, -0.15) is 18.2 Å². The van der Waals surface area contributed by atoms with Crippen molar-refractivity contribution in [3.05, 3.63) is 81.1 Å². The molecule has 0 radical (unpaired) electrons. The fraction of sp³-hybridized carbons (Fsp3) is 0.387. The highest BCUT2D eigenvalue weighted by Crippen LogP contribution is 2.32. The second-order valence-electron chi connectivity index (χ2n) is 10.8. The maximum absolute atomic E-state index is 15.1. The lowest BCUT2D eigenvalue weighted by molar-refractivity contribution is -0.149. The summed E-state index contributed by atoms with van der Waals surface area (Å²) in [6, 6.07) is 9.95. The van der Waals surface area contributed by atoms with Crippen LogP contribution in [-0.2, 0) is 11.2 Å². The number of fused-ring (bicyclic) bond motifs is 1. The van der Waals surface area contributed by atoms with Crippen LogP contribution in [0.25, 0.3) is 28.0 Å². The number of rotatable bonds is 14. The first-order chi connectivity index (χ1) is 21.4. The third-order valence-electron chi connectivity index (χ3n) is 7.28. The highest BCUT2D eigenvalue weighted by Gasteiger charge is 2.35. The van der Waals surface area contributed by atoms with Crippen LogP contribution in [-0.4, -0.2) is 59.4 Å². The van der Waals surface area contributed by atoms with E-state index in [9.17, 15) is 18.0 Å². The second-order valence-corrected chi connectivity index (χ2v) is 11.2. The van der Waals surface area contributed by atoms with Crippen molar-refractivity contribution >= 4 is 28.5 Å². The molecule has 0 spiro atoms. The molecule has 0 bridgehead atoms. The van der Waals surface area contributed by atoms with Gasteiger partial charge in [-0.3, -0.25) is 9.56 Å². The van der Waals surface area contributed by atoms with Crippen LogP contribution in [0.1, 0.15) is 43.4 Å². The molecule has 2 aromatic carbocycles. The number of aryl methyl sites for hydroxylation is 1. The first-order valence-corrected chi connectivity index (χ1v) is 14.8. The summed E-state index contributed by atoms with van der Waals surface area (Å²) >= 11 is 6.13. The van der Waals surface area contributed by atoms with Gasteiger partial charge in [-0.15, -0.1) is 0 Å². The maximum Gasteiger partial charge on any atom is 0.403 e. The summed E-state index contributed by atoms with van der Waals surface area (Å²) < 4.78 is 60.1. The summed E-state index contributed by atoms with van der Waals surface area (Å²) in [4.78, 5) is 24.3. The van der Waals surface area contributed by atoms with Crippen LogP contribution in [0.15, 0.2) is 58.4 Å². The van der Waals surface area contributed by atoms with E-state index in [2.05, 4.69) is 20.3 Å². The molecule has 0 aliphatic carbocycles. The second kappa shape index (κ2) is 15.0. The van der Waals surface area contributed by atoms with E-state index in [1.807, 2.05) is 12.1 Å². The topological polar surface area (TPSA) is 136 Å². The van der Waals surface area contributed by atoms with Crippen LogP contribution < -0.4 is 22.5 Å². The Morgan fingerprint density at radius 2 is 1.93 bits per heavy atom. The van der Waals surface area contributed by atoms with Crippen molar-refractivity contribution in [1.29, 1.82) is 0 Å². The summed E-state index contributed by atoms with van der Waals surface area (Å²) in [6.07, 6.45) is -1.98. The number of nitrogens with two attached hydrogens (primary N) is 2. The lowest BCUT2D eigenvalue weighted by atomic mass is 10.0. The fourth-order valence-electron chi connectivity index (χ4n) is 4.92. The zero-order chi connectivity index (χ0) is 32.7. The molecule has 0 saturated carbocycles. The number of halogens is 5. The Hall–Kier alpha value is -3.78. The molecular formula is C31H36ClF4N7O2. The van der Waals surface area contributed by atoms with Gasteiger partial charge in [0.1, 0.15) is 11.7 Å². The standard InChI is InChI=1S/C31H36ClF4N7O2/c1-18(37)39-11-4-12-40-26(17-45-2)20-7-9-22(10-8-20)43-16-21-15-25(41-29(21)42-30(43)44)23-13-19(14-24(32)28(23)33)5-3-6-27(38)31(34,35)36/h7-10,13-16,26-27,40H,3-6,11-12,17,38H2,1-2H3,(H2,37,39)(H,41,42,44). The molecule has 45 heavy (non-hydrogen) atoms. The predicted molar refractivity (Wildman–Crippen MR) is 168 cm³/mol. The number of nitrogens with zero attached hydrogens (tertiary/aromatic N) is 3. The van der Waals surface area contributed by atoms with Gasteiger partial charge in [-0.05, 0) is 80.6 Å². The number of H-pyrrole nitrogens is 1. The highest BCUT2D eigenvalue weighted by molar-refractivity contribution is 6.31. The number of amidine groups is 1. The number of aromatic amines is 1. The smallest absolute Gasteiger partial charge is 0.388 e. The quantitative estimate of drug-likeness (QED) is 0.0623. The Bertz CT molecular complexity index is 1680. The van der Waals surface area contributed by atoms with Gasteiger partial charge in [-0.25, -0.2) is 9.18 Å². The van der Waals surface area contributed by atoms with Gasteiger partial charge >= 0.3 is 11.9 Å². The number of methoxy groups -OCH3 is 1. The van der Waals surface area contributed by atoms with Crippen molar-refractivity contribution in [2.24, 2.45) is 16.5 Å². The number of hydrogen-bond donors (Lipinski definition) is 4. The first kappa shape index (κ1) is 34.1. The first-order valence-electron chi connectivity index (χ1n) is 14.4. The molecule has 2 unspecified atom stereocenters. The minimum atomic E-state index is -4.48. The molecule has 9 nitrogen and oxygen atoms in total. The van der Waals surface area contributed by atoms with E-state index in [1.165, 1.54) is 16.7 Å². The zero-order valence-electron chi connectivity index (χ0n) is 24.9. The molecule has 4 rings (SSSR count). The molecule has 6 N–H and O–H groups in total. The van der Waals surface area contributed by atoms with Crippen molar-refractivity contribution in [3.8, 4) is 16.9 Å². The van der Waals surface area contributed by atoms with Gasteiger partial charge in [0, 0.05) is 30.8 Å². The molecule has 0 amide bonds. The van der Waals surface area contributed by atoms with Crippen LogP contribution in [0, 0.1) is 5.82 Å². The molecule has 242 valence electrons. The van der Waals surface area contributed by atoms with Crippen molar-refractivity contribution in [3.63, 3.8) is 0 Å². The molecular weight excluding hydrogens is 614 g/mol. The Labute approximate surface area is 262 Å². The van der Waals surface area contributed by atoms with Crippen LogP contribution in [0.2, 0.25) is 5.02 Å². The van der Waals surface area contributed by atoms with E-state index in [0.29, 0.717) is 47.9 Å². The number of nitrogens with one attached hydrogen (secondary N) is 2. The van der Waals surface area contributed by atoms with E-state index in [4.69, 9.17) is 27.8 Å². The van der Waals surface area contributed by atoms with Crippen LogP contribution in [0.5, 0.6) is 0 Å². The SMILES string of the molecule is COCC(NCCCN=C(C)N)c1ccc(-n2cc3cc(-c4cc(CCCC(N)C(F)(F)F)cc(Cl)c4F)[nH]c3nc2=O)cc1. The van der Waals surface area contributed by atoms with E-state index >= 15 is 4.39 Å². The number of ether oxygens (including phenoxy) is 1. The summed E-state index contributed by atoms with van der Waals surface area (Å²) in [5, 5.41) is 3.82. The van der Waals surface area contributed by atoms with Gasteiger partial charge < -0.3 is 26.5 Å². The third kappa shape index (κ3) is 8.91. The maximum atomic E-state index is 15.1. The van der Waals surface area contributed by atoms with Crippen LogP contribution in [0.4, 0.5) is 17.6 Å². The molecule has 0 aliphatic heterocycles. The largest absolute Gasteiger partial charge is 0.403 e. The number of alkyl halides is 3. The van der Waals surface area contributed by atoms with Crippen molar-refractivity contribution in [2.75, 3.05) is 26.8 Å². The lowest BCUT2D eigenvalue weighted by Gasteiger charge is -2.19. The Balaban J connectivity index is 1.54. The normalized spacial score (nSPS) is 13.8. The number of hydrogen-bond acceptors (Lipinski definition) is 6. The van der Waals surface area contributed by atoms with Crippen molar-refractivity contribution in [1.82, 2.24) is 19.9 Å². The van der Waals surface area contributed by atoms with Gasteiger partial charge in [-0.1, -0.05) is 23.7 Å². The highest BCUT2D eigenvalue weighted by atomic mass is 35.5.